The molecule has 21 heavy (non-hydrogen) atoms. The van der Waals surface area contributed by atoms with Crippen molar-refractivity contribution in [2.75, 3.05) is 5.32 Å². The monoisotopic (exact) mass is 302 g/mol. The van der Waals surface area contributed by atoms with Crippen molar-refractivity contribution in [1.29, 1.82) is 0 Å². The average Bonchev–Trinajstić information content (AvgIpc) is 2.41. The second kappa shape index (κ2) is 6.45. The van der Waals surface area contributed by atoms with Crippen LogP contribution < -0.4 is 11.1 Å². The summed E-state index contributed by atoms with van der Waals surface area (Å²) in [6, 6.07) is 11.4. The van der Waals surface area contributed by atoms with E-state index in [2.05, 4.69) is 5.32 Å². The minimum atomic E-state index is -0.355. The molecular formula is C16H15FN2OS. The van der Waals surface area contributed by atoms with Gasteiger partial charge in [-0.25, -0.2) is 4.39 Å². The van der Waals surface area contributed by atoms with Gasteiger partial charge in [-0.15, -0.1) is 0 Å². The summed E-state index contributed by atoms with van der Waals surface area (Å²) < 4.78 is 13.1. The third kappa shape index (κ3) is 4.10. The molecule has 3 nitrogen and oxygen atoms in total. The molecule has 108 valence electrons. The van der Waals surface area contributed by atoms with Crippen LogP contribution in [0.5, 0.6) is 0 Å². The topological polar surface area (TPSA) is 55.1 Å². The van der Waals surface area contributed by atoms with Crippen LogP contribution in [0.4, 0.5) is 10.1 Å². The Balaban J connectivity index is 2.12. The summed E-state index contributed by atoms with van der Waals surface area (Å²) in [4.78, 5) is 12.3. The van der Waals surface area contributed by atoms with Gasteiger partial charge >= 0.3 is 0 Å². The highest BCUT2D eigenvalue weighted by Crippen LogP contribution is 2.17. The maximum absolute atomic E-state index is 13.1. The fourth-order valence-corrected chi connectivity index (χ4v) is 2.06. The summed E-state index contributed by atoms with van der Waals surface area (Å²) in [5.41, 5.74) is 8.45. The molecule has 2 aromatic carbocycles. The standard InChI is InChI=1S/C16H15FN2OS/c1-10-5-6-12(16(18)21)9-14(10)19-15(20)8-11-3-2-4-13(17)7-11/h2-7,9H,8H2,1H3,(H2,18,21)(H,19,20). The van der Waals surface area contributed by atoms with Crippen LogP contribution in [-0.4, -0.2) is 10.9 Å². The van der Waals surface area contributed by atoms with Gasteiger partial charge in [0, 0.05) is 11.3 Å². The number of carbonyl (C=O) groups excluding carboxylic acids is 1. The lowest BCUT2D eigenvalue weighted by molar-refractivity contribution is -0.115. The van der Waals surface area contributed by atoms with Crippen molar-refractivity contribution < 1.29 is 9.18 Å². The van der Waals surface area contributed by atoms with Crippen molar-refractivity contribution in [2.24, 2.45) is 5.73 Å². The second-order valence-corrected chi connectivity index (χ2v) is 5.19. The first-order valence-corrected chi connectivity index (χ1v) is 6.81. The van der Waals surface area contributed by atoms with E-state index in [1.807, 2.05) is 13.0 Å². The number of carbonyl (C=O) groups is 1. The Labute approximate surface area is 128 Å². The predicted molar refractivity (Wildman–Crippen MR) is 85.8 cm³/mol. The molecular weight excluding hydrogens is 287 g/mol. The molecule has 0 unspecified atom stereocenters. The van der Waals surface area contributed by atoms with Crippen LogP contribution in [0, 0.1) is 12.7 Å². The molecule has 0 aromatic heterocycles. The molecule has 0 spiro atoms. The summed E-state index contributed by atoms with van der Waals surface area (Å²) >= 11 is 4.92. The first-order valence-electron chi connectivity index (χ1n) is 6.40. The molecule has 0 fully saturated rings. The largest absolute Gasteiger partial charge is 0.389 e. The summed E-state index contributed by atoms with van der Waals surface area (Å²) in [5, 5.41) is 2.80. The Morgan fingerprint density at radius 3 is 2.71 bits per heavy atom. The van der Waals surface area contributed by atoms with Gasteiger partial charge in [-0.1, -0.05) is 36.5 Å². The Kier molecular flexibility index (Phi) is 4.65. The Morgan fingerprint density at radius 1 is 1.29 bits per heavy atom. The van der Waals surface area contributed by atoms with Crippen LogP contribution in [0.2, 0.25) is 0 Å². The highest BCUT2D eigenvalue weighted by Gasteiger charge is 2.08. The zero-order chi connectivity index (χ0) is 15.4. The average molecular weight is 302 g/mol. The van der Waals surface area contributed by atoms with Gasteiger partial charge in [0.25, 0.3) is 0 Å². The van der Waals surface area contributed by atoms with Gasteiger partial charge in [0.15, 0.2) is 0 Å². The molecule has 2 rings (SSSR count). The third-order valence-corrected chi connectivity index (χ3v) is 3.29. The zero-order valence-electron chi connectivity index (χ0n) is 11.5. The number of nitrogens with one attached hydrogen (secondary N) is 1. The first-order chi connectivity index (χ1) is 9.95. The minimum absolute atomic E-state index is 0.106. The van der Waals surface area contributed by atoms with Crippen molar-refractivity contribution in [3.8, 4) is 0 Å². The molecule has 0 bridgehead atoms. The maximum atomic E-state index is 13.1. The number of hydrogen-bond acceptors (Lipinski definition) is 2. The molecule has 1 amide bonds. The van der Waals surface area contributed by atoms with E-state index in [1.54, 1.807) is 24.3 Å². The molecule has 0 saturated heterocycles. The zero-order valence-corrected chi connectivity index (χ0v) is 12.3. The van der Waals surface area contributed by atoms with Gasteiger partial charge in [0.2, 0.25) is 5.91 Å². The maximum Gasteiger partial charge on any atom is 0.228 e. The third-order valence-electron chi connectivity index (χ3n) is 3.05. The lowest BCUT2D eigenvalue weighted by Crippen LogP contribution is -2.16. The predicted octanol–water partition coefficient (Wildman–Crippen LogP) is 2.95. The lowest BCUT2D eigenvalue weighted by atomic mass is 10.1. The number of hydrogen-bond donors (Lipinski definition) is 2. The van der Waals surface area contributed by atoms with E-state index in [0.29, 0.717) is 16.8 Å². The highest BCUT2D eigenvalue weighted by molar-refractivity contribution is 7.80. The van der Waals surface area contributed by atoms with Crippen LogP contribution in [0.15, 0.2) is 42.5 Å². The SMILES string of the molecule is Cc1ccc(C(N)=S)cc1NC(=O)Cc1cccc(F)c1. The van der Waals surface area contributed by atoms with Crippen molar-refractivity contribution >= 4 is 28.8 Å². The fourth-order valence-electron chi connectivity index (χ4n) is 1.94. The van der Waals surface area contributed by atoms with Crippen LogP contribution in [0.3, 0.4) is 0 Å². The van der Waals surface area contributed by atoms with Gasteiger partial charge in [0.1, 0.15) is 10.8 Å². The summed E-state index contributed by atoms with van der Waals surface area (Å²) in [6.45, 7) is 1.88. The van der Waals surface area contributed by atoms with E-state index in [4.69, 9.17) is 18.0 Å². The second-order valence-electron chi connectivity index (χ2n) is 4.75. The van der Waals surface area contributed by atoms with E-state index in [0.717, 1.165) is 5.56 Å². The van der Waals surface area contributed by atoms with Crippen LogP contribution in [-0.2, 0) is 11.2 Å². The molecule has 0 heterocycles. The lowest BCUT2D eigenvalue weighted by Gasteiger charge is -2.10. The number of amides is 1. The van der Waals surface area contributed by atoms with Gasteiger partial charge in [-0.05, 0) is 36.2 Å². The molecule has 0 aliphatic heterocycles. The quantitative estimate of drug-likeness (QED) is 0.854. The van der Waals surface area contributed by atoms with Gasteiger partial charge in [0.05, 0.1) is 6.42 Å². The fraction of sp³-hybridized carbons (Fsp3) is 0.125. The number of benzene rings is 2. The molecule has 0 radical (unpaired) electrons. The molecule has 0 saturated carbocycles. The van der Waals surface area contributed by atoms with Crippen molar-refractivity contribution in [3.05, 3.63) is 65.0 Å². The highest BCUT2D eigenvalue weighted by atomic mass is 32.1. The van der Waals surface area contributed by atoms with Crippen molar-refractivity contribution in [3.63, 3.8) is 0 Å². The Morgan fingerprint density at radius 2 is 2.05 bits per heavy atom. The van der Waals surface area contributed by atoms with Gasteiger partial charge in [-0.2, -0.15) is 0 Å². The summed E-state index contributed by atoms with van der Waals surface area (Å²) in [5.74, 6) is -0.573. The summed E-state index contributed by atoms with van der Waals surface area (Å²) in [7, 11) is 0. The number of aryl methyl sites for hydroxylation is 1. The number of anilines is 1. The number of thiocarbonyl (C=S) groups is 1. The van der Waals surface area contributed by atoms with Crippen LogP contribution in [0.25, 0.3) is 0 Å². The summed E-state index contributed by atoms with van der Waals surface area (Å²) in [6.07, 6.45) is 0.106. The Bertz CT molecular complexity index is 700. The van der Waals surface area contributed by atoms with E-state index in [-0.39, 0.29) is 23.1 Å². The number of halogens is 1. The molecule has 0 atom stereocenters. The molecule has 2 aromatic rings. The number of rotatable bonds is 4. The van der Waals surface area contributed by atoms with Crippen molar-refractivity contribution in [1.82, 2.24) is 0 Å². The smallest absolute Gasteiger partial charge is 0.228 e. The van der Waals surface area contributed by atoms with Crippen LogP contribution in [0.1, 0.15) is 16.7 Å². The van der Waals surface area contributed by atoms with Gasteiger partial charge < -0.3 is 11.1 Å². The van der Waals surface area contributed by atoms with E-state index in [9.17, 15) is 9.18 Å². The molecule has 3 N–H and O–H groups in total. The molecule has 5 heteroatoms. The van der Waals surface area contributed by atoms with Gasteiger partial charge in [-0.3, -0.25) is 4.79 Å². The molecule has 0 aliphatic rings. The van der Waals surface area contributed by atoms with E-state index >= 15 is 0 Å². The van der Waals surface area contributed by atoms with Crippen molar-refractivity contribution in [2.45, 2.75) is 13.3 Å². The number of nitrogens with two attached hydrogens (primary N) is 1. The first kappa shape index (κ1) is 15.1. The van der Waals surface area contributed by atoms with E-state index < -0.39 is 0 Å². The Hall–Kier alpha value is -2.27. The molecule has 0 aliphatic carbocycles. The van der Waals surface area contributed by atoms with Crippen LogP contribution >= 0.6 is 12.2 Å². The minimum Gasteiger partial charge on any atom is -0.389 e. The van der Waals surface area contributed by atoms with E-state index in [1.165, 1.54) is 12.1 Å². The normalized spacial score (nSPS) is 10.2.